The maximum absolute atomic E-state index is 8.66. The van der Waals surface area contributed by atoms with Crippen LogP contribution in [0.15, 0.2) is 24.3 Å². The number of hydrogen-bond donors (Lipinski definition) is 1. The van der Waals surface area contributed by atoms with Crippen LogP contribution in [0.3, 0.4) is 0 Å². The molecule has 1 aromatic rings. The molecule has 0 aliphatic carbocycles. The molecule has 0 spiro atoms. The molecule has 0 saturated carbocycles. The Bertz CT molecular complexity index is 381. The maximum Gasteiger partial charge on any atom is 0.119 e. The number of nitrogens with one attached hydrogen (secondary N) is 1. The van der Waals surface area contributed by atoms with Crippen molar-refractivity contribution in [1.29, 1.82) is 5.26 Å². The third kappa shape index (κ3) is 3.95. The molecule has 1 aliphatic rings. The first-order valence-corrected chi connectivity index (χ1v) is 6.95. The Labute approximate surface area is 106 Å². The van der Waals surface area contributed by atoms with E-state index in [4.69, 9.17) is 10.00 Å². The van der Waals surface area contributed by atoms with Crippen LogP contribution in [0, 0.1) is 17.2 Å². The number of nitriles is 1. The molecule has 4 heteroatoms. The van der Waals surface area contributed by atoms with E-state index in [1.54, 1.807) is 12.1 Å². The van der Waals surface area contributed by atoms with Crippen molar-refractivity contribution in [3.63, 3.8) is 0 Å². The standard InChI is InChI=1S/C13H16N2OS/c14-7-11-1-3-13(4-2-11)16-5-6-17-10-12-8-15-9-12/h1-4,12,15H,5-6,8-10H2. The molecule has 1 heterocycles. The number of thioether (sulfide) groups is 1. The third-order valence-electron chi connectivity index (χ3n) is 2.70. The molecule has 1 fully saturated rings. The molecule has 1 aliphatic heterocycles. The van der Waals surface area contributed by atoms with E-state index in [2.05, 4.69) is 11.4 Å². The van der Waals surface area contributed by atoms with Crippen molar-refractivity contribution >= 4 is 11.8 Å². The third-order valence-corrected chi connectivity index (χ3v) is 3.86. The first-order valence-electron chi connectivity index (χ1n) is 5.80. The normalized spacial score (nSPS) is 15.0. The van der Waals surface area contributed by atoms with Crippen molar-refractivity contribution in [3.05, 3.63) is 29.8 Å². The Hall–Kier alpha value is -1.18. The van der Waals surface area contributed by atoms with Crippen LogP contribution in [0.5, 0.6) is 5.75 Å². The molecule has 0 radical (unpaired) electrons. The van der Waals surface area contributed by atoms with Crippen LogP contribution in [-0.4, -0.2) is 31.2 Å². The number of nitrogens with zero attached hydrogens (tertiary/aromatic N) is 1. The van der Waals surface area contributed by atoms with Crippen molar-refractivity contribution in [2.75, 3.05) is 31.2 Å². The van der Waals surface area contributed by atoms with Gasteiger partial charge in [0.1, 0.15) is 5.75 Å². The molecule has 17 heavy (non-hydrogen) atoms. The van der Waals surface area contributed by atoms with Gasteiger partial charge in [0, 0.05) is 5.75 Å². The zero-order valence-electron chi connectivity index (χ0n) is 9.69. The van der Waals surface area contributed by atoms with Gasteiger partial charge in [-0.05, 0) is 49.0 Å². The van der Waals surface area contributed by atoms with Crippen molar-refractivity contribution in [3.8, 4) is 11.8 Å². The van der Waals surface area contributed by atoms with Gasteiger partial charge >= 0.3 is 0 Å². The summed E-state index contributed by atoms with van der Waals surface area (Å²) in [6.07, 6.45) is 0. The van der Waals surface area contributed by atoms with Crippen LogP contribution >= 0.6 is 11.8 Å². The quantitative estimate of drug-likeness (QED) is 0.781. The summed E-state index contributed by atoms with van der Waals surface area (Å²) >= 11 is 1.95. The monoisotopic (exact) mass is 248 g/mol. The predicted molar refractivity (Wildman–Crippen MR) is 70.3 cm³/mol. The van der Waals surface area contributed by atoms with Gasteiger partial charge in [-0.3, -0.25) is 0 Å². The summed E-state index contributed by atoms with van der Waals surface area (Å²) in [7, 11) is 0. The minimum absolute atomic E-state index is 0.671. The van der Waals surface area contributed by atoms with Crippen LogP contribution in [0.25, 0.3) is 0 Å². The van der Waals surface area contributed by atoms with E-state index in [0.717, 1.165) is 24.0 Å². The lowest BCUT2D eigenvalue weighted by Crippen LogP contribution is -2.43. The Kier molecular flexibility index (Phi) is 4.72. The molecule has 2 rings (SSSR count). The van der Waals surface area contributed by atoms with Crippen LogP contribution in [0.1, 0.15) is 5.56 Å². The second-order valence-corrected chi connectivity index (χ2v) is 5.23. The molecule has 1 saturated heterocycles. The van der Waals surface area contributed by atoms with E-state index in [1.807, 2.05) is 23.9 Å². The highest BCUT2D eigenvalue weighted by atomic mass is 32.2. The Morgan fingerprint density at radius 1 is 1.35 bits per heavy atom. The van der Waals surface area contributed by atoms with Gasteiger partial charge in [0.05, 0.1) is 18.2 Å². The van der Waals surface area contributed by atoms with Gasteiger partial charge in [0.15, 0.2) is 0 Å². The van der Waals surface area contributed by atoms with Gasteiger partial charge in [0.25, 0.3) is 0 Å². The first-order chi connectivity index (χ1) is 8.38. The maximum atomic E-state index is 8.66. The second kappa shape index (κ2) is 6.53. The zero-order valence-corrected chi connectivity index (χ0v) is 10.5. The average molecular weight is 248 g/mol. The van der Waals surface area contributed by atoms with Crippen LogP contribution in [-0.2, 0) is 0 Å². The lowest BCUT2D eigenvalue weighted by atomic mass is 10.1. The lowest BCUT2D eigenvalue weighted by Gasteiger charge is -2.26. The highest BCUT2D eigenvalue weighted by Crippen LogP contribution is 2.14. The number of rotatable bonds is 6. The smallest absolute Gasteiger partial charge is 0.119 e. The van der Waals surface area contributed by atoms with Crippen molar-refractivity contribution in [2.45, 2.75) is 0 Å². The van der Waals surface area contributed by atoms with Crippen LogP contribution in [0.4, 0.5) is 0 Å². The number of benzene rings is 1. The van der Waals surface area contributed by atoms with Crippen molar-refractivity contribution < 1.29 is 4.74 Å². The second-order valence-electron chi connectivity index (χ2n) is 4.08. The van der Waals surface area contributed by atoms with E-state index in [1.165, 1.54) is 18.8 Å². The average Bonchev–Trinajstić information content (AvgIpc) is 2.32. The van der Waals surface area contributed by atoms with Gasteiger partial charge in [-0.25, -0.2) is 0 Å². The number of ether oxygens (including phenoxy) is 1. The highest BCUT2D eigenvalue weighted by molar-refractivity contribution is 7.99. The lowest BCUT2D eigenvalue weighted by molar-refractivity contribution is 0.343. The number of hydrogen-bond acceptors (Lipinski definition) is 4. The van der Waals surface area contributed by atoms with Gasteiger partial charge in [0.2, 0.25) is 0 Å². The summed E-state index contributed by atoms with van der Waals surface area (Å²) in [4.78, 5) is 0. The Morgan fingerprint density at radius 3 is 2.71 bits per heavy atom. The highest BCUT2D eigenvalue weighted by Gasteiger charge is 2.15. The minimum Gasteiger partial charge on any atom is -0.493 e. The molecule has 0 unspecified atom stereocenters. The van der Waals surface area contributed by atoms with Crippen molar-refractivity contribution in [1.82, 2.24) is 5.32 Å². The van der Waals surface area contributed by atoms with E-state index in [-0.39, 0.29) is 0 Å². The molecule has 0 aromatic heterocycles. The fourth-order valence-corrected chi connectivity index (χ4v) is 2.50. The fraction of sp³-hybridized carbons (Fsp3) is 0.462. The molecule has 1 aromatic carbocycles. The molecule has 0 amide bonds. The van der Waals surface area contributed by atoms with Crippen LogP contribution in [0.2, 0.25) is 0 Å². The summed E-state index contributed by atoms with van der Waals surface area (Å²) in [6.45, 7) is 3.07. The van der Waals surface area contributed by atoms with Gasteiger partial charge in [-0.1, -0.05) is 0 Å². The molecular formula is C13H16N2OS. The minimum atomic E-state index is 0.671. The summed E-state index contributed by atoms with van der Waals surface area (Å²) in [6, 6.07) is 9.34. The summed E-state index contributed by atoms with van der Waals surface area (Å²) in [5.41, 5.74) is 0.671. The van der Waals surface area contributed by atoms with E-state index < -0.39 is 0 Å². The van der Waals surface area contributed by atoms with Gasteiger partial charge in [-0.2, -0.15) is 17.0 Å². The van der Waals surface area contributed by atoms with Crippen molar-refractivity contribution in [2.24, 2.45) is 5.92 Å². The molecule has 3 nitrogen and oxygen atoms in total. The first kappa shape index (κ1) is 12.3. The summed E-state index contributed by atoms with van der Waals surface area (Å²) in [5.74, 6) is 3.95. The molecule has 0 atom stereocenters. The topological polar surface area (TPSA) is 45.0 Å². The zero-order chi connectivity index (χ0) is 11.9. The SMILES string of the molecule is N#Cc1ccc(OCCSCC2CNC2)cc1. The predicted octanol–water partition coefficient (Wildman–Crippen LogP) is 1.89. The largest absolute Gasteiger partial charge is 0.493 e. The molecule has 90 valence electrons. The summed E-state index contributed by atoms with van der Waals surface area (Å²) < 4.78 is 5.59. The van der Waals surface area contributed by atoms with E-state index >= 15 is 0 Å². The Morgan fingerprint density at radius 2 is 2.12 bits per heavy atom. The van der Waals surface area contributed by atoms with Crippen LogP contribution < -0.4 is 10.1 Å². The van der Waals surface area contributed by atoms with Gasteiger partial charge in [-0.15, -0.1) is 0 Å². The van der Waals surface area contributed by atoms with E-state index in [9.17, 15) is 0 Å². The molecule has 1 N–H and O–H groups in total. The summed E-state index contributed by atoms with van der Waals surface area (Å²) in [5, 5.41) is 11.9. The van der Waals surface area contributed by atoms with Gasteiger partial charge < -0.3 is 10.1 Å². The Balaban J connectivity index is 1.59. The molecular weight excluding hydrogens is 232 g/mol. The fourth-order valence-electron chi connectivity index (χ4n) is 1.56. The van der Waals surface area contributed by atoms with E-state index in [0.29, 0.717) is 5.56 Å². The molecule has 0 bridgehead atoms.